The molecular formula is C40H38O10. The molecule has 0 amide bonds. The lowest BCUT2D eigenvalue weighted by Crippen LogP contribution is -2.46. The van der Waals surface area contributed by atoms with E-state index in [0.717, 1.165) is 5.56 Å². The number of ketones is 3. The molecule has 10 heteroatoms. The highest BCUT2D eigenvalue weighted by molar-refractivity contribution is 6.30. The van der Waals surface area contributed by atoms with Crippen LogP contribution in [0.25, 0.3) is 6.08 Å². The van der Waals surface area contributed by atoms with Crippen molar-refractivity contribution in [1.29, 1.82) is 0 Å². The van der Waals surface area contributed by atoms with Gasteiger partial charge in [-0.3, -0.25) is 14.4 Å². The minimum Gasteiger partial charge on any atom is -0.507 e. The molecule has 50 heavy (non-hydrogen) atoms. The van der Waals surface area contributed by atoms with Gasteiger partial charge in [-0.2, -0.15) is 0 Å². The molecule has 7 rings (SSSR count). The number of phenolic OH excluding ortho intramolecular Hbond substituents is 3. The molecule has 2 aliphatic heterocycles. The third-order valence-corrected chi connectivity index (χ3v) is 9.13. The Bertz CT molecular complexity index is 2120. The van der Waals surface area contributed by atoms with Crippen LogP contribution in [-0.2, 0) is 12.8 Å². The highest BCUT2D eigenvalue weighted by atomic mass is 16.5. The number of rotatable bonds is 4. The van der Waals surface area contributed by atoms with Crippen LogP contribution in [0.2, 0.25) is 0 Å². The van der Waals surface area contributed by atoms with Crippen molar-refractivity contribution >= 4 is 23.4 Å². The second kappa shape index (κ2) is 12.4. The van der Waals surface area contributed by atoms with E-state index in [2.05, 4.69) is 0 Å². The SMILES string of the molecule is COc1c(CC(=O)c2cc3c(cc2O)OC(C)(C)C(O)C3)ccc2c1C=CC(C)(C)O2.Cc1cc(O)c2c(c1)C(=O)c1cccc(O)c1C2=O. The number of hydrogen-bond donors (Lipinski definition) is 4. The summed E-state index contributed by atoms with van der Waals surface area (Å²) in [5.41, 5.74) is 2.19. The topological polar surface area (TPSA) is 160 Å². The summed E-state index contributed by atoms with van der Waals surface area (Å²) in [5, 5.41) is 40.5. The highest BCUT2D eigenvalue weighted by Gasteiger charge is 2.37. The van der Waals surface area contributed by atoms with Crippen LogP contribution in [0, 0.1) is 6.92 Å². The average Bonchev–Trinajstić information content (AvgIpc) is 3.03. The van der Waals surface area contributed by atoms with E-state index in [-0.39, 0.29) is 63.1 Å². The average molecular weight is 679 g/mol. The molecule has 10 nitrogen and oxygen atoms in total. The maximum atomic E-state index is 13.1. The maximum absolute atomic E-state index is 13.1. The van der Waals surface area contributed by atoms with E-state index in [1.165, 1.54) is 30.3 Å². The fraction of sp³-hybridized carbons (Fsp3) is 0.275. The number of aromatic hydroxyl groups is 3. The van der Waals surface area contributed by atoms with Crippen LogP contribution >= 0.6 is 0 Å². The number of hydrogen-bond acceptors (Lipinski definition) is 10. The number of carbonyl (C=O) groups excluding carboxylic acids is 3. The van der Waals surface area contributed by atoms with E-state index in [4.69, 9.17) is 14.2 Å². The molecule has 0 radical (unpaired) electrons. The molecule has 4 aromatic rings. The molecule has 0 fully saturated rings. The van der Waals surface area contributed by atoms with Gasteiger partial charge in [-0.1, -0.05) is 18.2 Å². The molecule has 4 aromatic carbocycles. The lowest BCUT2D eigenvalue weighted by molar-refractivity contribution is -0.0412. The number of Topliss-reactive ketones (excluding diaryl/α,β-unsaturated/α-hetero) is 1. The number of methoxy groups -OCH3 is 1. The van der Waals surface area contributed by atoms with Crippen molar-refractivity contribution in [1.82, 2.24) is 0 Å². The van der Waals surface area contributed by atoms with E-state index in [9.17, 15) is 34.8 Å². The Morgan fingerprint density at radius 1 is 0.860 bits per heavy atom. The normalized spacial score (nSPS) is 17.5. The van der Waals surface area contributed by atoms with Crippen molar-refractivity contribution in [2.45, 2.75) is 64.8 Å². The molecule has 0 saturated heterocycles. The monoisotopic (exact) mass is 678 g/mol. The molecule has 3 aliphatic rings. The summed E-state index contributed by atoms with van der Waals surface area (Å²) >= 11 is 0. The molecule has 1 aliphatic carbocycles. The Hall–Kier alpha value is -5.61. The number of ether oxygens (including phenoxy) is 3. The zero-order chi connectivity index (χ0) is 36.3. The van der Waals surface area contributed by atoms with Crippen molar-refractivity contribution in [3.8, 4) is 34.5 Å². The van der Waals surface area contributed by atoms with Gasteiger partial charge in [-0.15, -0.1) is 0 Å². The molecular weight excluding hydrogens is 640 g/mol. The van der Waals surface area contributed by atoms with E-state index in [1.807, 2.05) is 38.1 Å². The smallest absolute Gasteiger partial charge is 0.201 e. The van der Waals surface area contributed by atoms with Crippen molar-refractivity contribution < 1.29 is 49.0 Å². The molecule has 0 saturated carbocycles. The molecule has 1 atom stereocenters. The molecule has 258 valence electrons. The van der Waals surface area contributed by atoms with Crippen molar-refractivity contribution in [3.05, 3.63) is 111 Å². The maximum Gasteiger partial charge on any atom is 0.201 e. The largest absolute Gasteiger partial charge is 0.507 e. The van der Waals surface area contributed by atoms with Gasteiger partial charge in [0.25, 0.3) is 0 Å². The number of aliphatic hydroxyl groups is 1. The van der Waals surface area contributed by atoms with Gasteiger partial charge in [0, 0.05) is 35.6 Å². The first kappa shape index (κ1) is 34.3. The third kappa shape index (κ3) is 6.07. The zero-order valence-corrected chi connectivity index (χ0v) is 28.6. The standard InChI is InChI=1S/C25H28O6.C15H10O4/c1-24(2)9-8-16-20(30-24)7-6-14(23(16)29-5)11-18(26)17-10-15-12-22(28)25(3,4)31-21(15)13-19(17)27;1-7-5-9-13(11(17)6-7)15(19)12-8(14(9)18)3-2-4-10(12)16/h6-10,13,22,27-28H,11-12H2,1-5H3;2-6,16-17H,1H3. The number of benzene rings is 4. The Balaban J connectivity index is 0.000000194. The van der Waals surface area contributed by atoms with Gasteiger partial charge in [0.05, 0.1) is 35.5 Å². The van der Waals surface area contributed by atoms with Crippen LogP contribution in [0.4, 0.5) is 0 Å². The fourth-order valence-electron chi connectivity index (χ4n) is 6.44. The van der Waals surface area contributed by atoms with E-state index in [1.54, 1.807) is 40.0 Å². The summed E-state index contributed by atoms with van der Waals surface area (Å²) in [6.07, 6.45) is 3.59. The second-order valence-electron chi connectivity index (χ2n) is 13.8. The summed E-state index contributed by atoms with van der Waals surface area (Å²) in [7, 11) is 1.56. The number of aryl methyl sites for hydroxylation is 1. The Morgan fingerprint density at radius 3 is 2.30 bits per heavy atom. The third-order valence-electron chi connectivity index (χ3n) is 9.13. The van der Waals surface area contributed by atoms with E-state index < -0.39 is 23.1 Å². The predicted octanol–water partition coefficient (Wildman–Crippen LogP) is 6.27. The minimum atomic E-state index is -0.758. The van der Waals surface area contributed by atoms with Gasteiger partial charge >= 0.3 is 0 Å². The molecule has 0 bridgehead atoms. The molecule has 0 aromatic heterocycles. The summed E-state index contributed by atoms with van der Waals surface area (Å²) in [6, 6.07) is 14.1. The lowest BCUT2D eigenvalue weighted by Gasteiger charge is -2.37. The van der Waals surface area contributed by atoms with Crippen molar-refractivity contribution in [2.75, 3.05) is 7.11 Å². The van der Waals surface area contributed by atoms with Gasteiger partial charge in [0.2, 0.25) is 5.78 Å². The van der Waals surface area contributed by atoms with Gasteiger partial charge in [0.1, 0.15) is 45.7 Å². The van der Waals surface area contributed by atoms with Crippen LogP contribution in [-0.4, -0.2) is 62.2 Å². The van der Waals surface area contributed by atoms with E-state index in [0.29, 0.717) is 40.4 Å². The van der Waals surface area contributed by atoms with Crippen LogP contribution in [0.5, 0.6) is 34.5 Å². The molecule has 0 spiro atoms. The number of aliphatic hydroxyl groups excluding tert-OH is 1. The van der Waals surface area contributed by atoms with Gasteiger partial charge < -0.3 is 34.6 Å². The van der Waals surface area contributed by atoms with Gasteiger partial charge in [-0.05, 0) is 88.2 Å². The van der Waals surface area contributed by atoms with E-state index >= 15 is 0 Å². The Morgan fingerprint density at radius 2 is 1.58 bits per heavy atom. The number of fused-ring (bicyclic) bond motifs is 4. The summed E-state index contributed by atoms with van der Waals surface area (Å²) in [5.74, 6) is 0.00211. The van der Waals surface area contributed by atoms with Gasteiger partial charge in [0.15, 0.2) is 11.6 Å². The highest BCUT2D eigenvalue weighted by Crippen LogP contribution is 2.41. The minimum absolute atomic E-state index is 0.0374. The molecule has 1 unspecified atom stereocenters. The first-order chi connectivity index (χ1) is 23.5. The summed E-state index contributed by atoms with van der Waals surface area (Å²) in [6.45, 7) is 9.25. The lowest BCUT2D eigenvalue weighted by atomic mass is 9.82. The Kier molecular flexibility index (Phi) is 8.48. The first-order valence-corrected chi connectivity index (χ1v) is 16.1. The second-order valence-corrected chi connectivity index (χ2v) is 13.8. The Labute approximate surface area is 289 Å². The van der Waals surface area contributed by atoms with Crippen LogP contribution in [0.15, 0.2) is 60.7 Å². The quantitative estimate of drug-likeness (QED) is 0.160. The molecule has 4 N–H and O–H groups in total. The molecule has 2 heterocycles. The summed E-state index contributed by atoms with van der Waals surface area (Å²) < 4.78 is 17.4. The van der Waals surface area contributed by atoms with Gasteiger partial charge in [-0.25, -0.2) is 0 Å². The zero-order valence-electron chi connectivity index (χ0n) is 28.6. The van der Waals surface area contributed by atoms with Crippen LogP contribution < -0.4 is 14.2 Å². The van der Waals surface area contributed by atoms with Crippen LogP contribution in [0.1, 0.15) is 92.1 Å². The first-order valence-electron chi connectivity index (χ1n) is 16.1. The van der Waals surface area contributed by atoms with Crippen molar-refractivity contribution in [3.63, 3.8) is 0 Å². The number of carbonyl (C=O) groups is 3. The number of phenols is 3. The predicted molar refractivity (Wildman–Crippen MR) is 185 cm³/mol. The van der Waals surface area contributed by atoms with Crippen LogP contribution in [0.3, 0.4) is 0 Å². The summed E-state index contributed by atoms with van der Waals surface area (Å²) in [4.78, 5) is 37.8. The van der Waals surface area contributed by atoms with Crippen molar-refractivity contribution in [2.24, 2.45) is 0 Å². The fourth-order valence-corrected chi connectivity index (χ4v) is 6.44.